The summed E-state index contributed by atoms with van der Waals surface area (Å²) in [5, 5.41) is 13.7. The molecule has 0 spiro atoms. The summed E-state index contributed by atoms with van der Waals surface area (Å²) in [7, 11) is 0. The highest BCUT2D eigenvalue weighted by Crippen LogP contribution is 2.33. The Hall–Kier alpha value is -3.23. The molecule has 1 amide bonds. The first kappa shape index (κ1) is 23.5. The number of nitrogens with zero attached hydrogens (tertiary/aromatic N) is 4. The number of thioether (sulfide) groups is 1. The number of ether oxygens (including phenoxy) is 1. The normalized spacial score (nSPS) is 15.5. The van der Waals surface area contributed by atoms with Gasteiger partial charge >= 0.3 is 0 Å². The Morgan fingerprint density at radius 1 is 1.17 bits per heavy atom. The number of pyridine rings is 1. The lowest BCUT2D eigenvalue weighted by molar-refractivity contribution is -0.119. The van der Waals surface area contributed by atoms with Gasteiger partial charge in [0.05, 0.1) is 23.1 Å². The van der Waals surface area contributed by atoms with Crippen molar-refractivity contribution >= 4 is 28.6 Å². The van der Waals surface area contributed by atoms with Crippen LogP contribution in [-0.4, -0.2) is 50.7 Å². The second-order valence-electron chi connectivity index (χ2n) is 8.72. The van der Waals surface area contributed by atoms with Gasteiger partial charge in [-0.25, -0.2) is 4.98 Å². The maximum Gasteiger partial charge on any atom is 0.230 e. The van der Waals surface area contributed by atoms with Crippen molar-refractivity contribution in [2.75, 3.05) is 18.9 Å². The Bertz CT molecular complexity index is 1330. The van der Waals surface area contributed by atoms with Crippen LogP contribution in [0.1, 0.15) is 25.3 Å². The summed E-state index contributed by atoms with van der Waals surface area (Å²) in [6, 6.07) is 18.6. The molecule has 2 aromatic carbocycles. The Kier molecular flexibility index (Phi) is 7.11. The summed E-state index contributed by atoms with van der Waals surface area (Å²) >= 11 is 1.41. The van der Waals surface area contributed by atoms with Gasteiger partial charge in [0.2, 0.25) is 5.91 Å². The van der Waals surface area contributed by atoms with Crippen molar-refractivity contribution in [3.8, 4) is 22.6 Å². The van der Waals surface area contributed by atoms with Crippen LogP contribution >= 0.6 is 11.8 Å². The molecule has 35 heavy (non-hydrogen) atoms. The van der Waals surface area contributed by atoms with Crippen LogP contribution in [0.3, 0.4) is 0 Å². The van der Waals surface area contributed by atoms with Gasteiger partial charge in [-0.2, -0.15) is 0 Å². The molecule has 1 N–H and O–H groups in total. The molecule has 4 aromatic rings. The summed E-state index contributed by atoms with van der Waals surface area (Å²) < 4.78 is 7.65. The van der Waals surface area contributed by atoms with Crippen molar-refractivity contribution in [2.24, 2.45) is 0 Å². The van der Waals surface area contributed by atoms with Crippen LogP contribution in [0.4, 0.5) is 0 Å². The van der Waals surface area contributed by atoms with Crippen LogP contribution in [-0.2, 0) is 16.1 Å². The molecule has 0 aliphatic carbocycles. The fraction of sp³-hybridized carbons (Fsp3) is 0.333. The smallest absolute Gasteiger partial charge is 0.230 e. The van der Waals surface area contributed by atoms with Crippen molar-refractivity contribution in [2.45, 2.75) is 44.5 Å². The van der Waals surface area contributed by atoms with Crippen LogP contribution in [0, 0.1) is 6.92 Å². The summed E-state index contributed by atoms with van der Waals surface area (Å²) in [6.45, 7) is 6.19. The number of rotatable bonds is 8. The Labute approximate surface area is 209 Å². The number of benzene rings is 2. The van der Waals surface area contributed by atoms with E-state index in [9.17, 15) is 4.79 Å². The molecule has 2 aromatic heterocycles. The van der Waals surface area contributed by atoms with Gasteiger partial charge < -0.3 is 14.6 Å². The summed E-state index contributed by atoms with van der Waals surface area (Å²) in [6.07, 6.45) is 2.20. The number of aromatic nitrogens is 4. The first-order valence-electron chi connectivity index (χ1n) is 12.0. The number of amides is 1. The van der Waals surface area contributed by atoms with Crippen molar-refractivity contribution < 1.29 is 9.53 Å². The zero-order chi connectivity index (χ0) is 24.2. The topological polar surface area (TPSA) is 81.9 Å². The maximum atomic E-state index is 12.4. The van der Waals surface area contributed by atoms with Crippen LogP contribution in [0.2, 0.25) is 0 Å². The molecular weight excluding hydrogens is 458 g/mol. The molecule has 0 bridgehead atoms. The van der Waals surface area contributed by atoms with Crippen molar-refractivity contribution in [3.05, 3.63) is 60.2 Å². The van der Waals surface area contributed by atoms with E-state index in [0.717, 1.165) is 58.2 Å². The lowest BCUT2D eigenvalue weighted by Gasteiger charge is -2.12. The van der Waals surface area contributed by atoms with Crippen LogP contribution in [0.5, 0.6) is 0 Å². The fourth-order valence-corrected chi connectivity index (χ4v) is 5.16. The molecule has 1 atom stereocenters. The Balaban J connectivity index is 1.42. The quantitative estimate of drug-likeness (QED) is 0.357. The molecule has 0 unspecified atom stereocenters. The van der Waals surface area contributed by atoms with E-state index in [-0.39, 0.29) is 17.8 Å². The molecule has 1 aliphatic heterocycles. The molecule has 3 heterocycles. The predicted molar refractivity (Wildman–Crippen MR) is 139 cm³/mol. The molecular formula is C27H29N5O2S. The molecule has 180 valence electrons. The number of hydrogen-bond donors (Lipinski definition) is 1. The monoisotopic (exact) mass is 487 g/mol. The summed E-state index contributed by atoms with van der Waals surface area (Å²) in [5.74, 6) is 1.05. The number of aryl methyl sites for hydroxylation is 1. The second-order valence-corrected chi connectivity index (χ2v) is 9.66. The molecule has 5 rings (SSSR count). The first-order chi connectivity index (χ1) is 17.1. The van der Waals surface area contributed by atoms with Gasteiger partial charge in [0.15, 0.2) is 11.0 Å². The number of carbonyl (C=O) groups is 1. The predicted octanol–water partition coefficient (Wildman–Crippen LogP) is 4.88. The third-order valence-corrected chi connectivity index (χ3v) is 7.19. The molecule has 1 aliphatic rings. The number of hydrogen-bond acceptors (Lipinski definition) is 6. The molecule has 0 radical (unpaired) electrons. The van der Waals surface area contributed by atoms with Crippen LogP contribution in [0.25, 0.3) is 33.5 Å². The standard InChI is InChI=1S/C27H29N5O2S/c1-3-32-26(30-31-27(32)35-17-25(33)28-16-20-7-6-14-34-20)22-15-24(19-12-10-18(2)11-13-19)29-23-9-5-4-8-21(22)23/h4-5,8-13,15,20H,3,6-7,14,16-17H2,1-2H3,(H,28,33)/t20-/m0/s1. The third-order valence-electron chi connectivity index (χ3n) is 6.22. The van der Waals surface area contributed by atoms with E-state index in [2.05, 4.69) is 70.3 Å². The zero-order valence-corrected chi connectivity index (χ0v) is 20.8. The molecule has 8 heteroatoms. The highest BCUT2D eigenvalue weighted by molar-refractivity contribution is 7.99. The van der Waals surface area contributed by atoms with Crippen molar-refractivity contribution in [1.29, 1.82) is 0 Å². The van der Waals surface area contributed by atoms with Gasteiger partial charge in [-0.1, -0.05) is 59.8 Å². The van der Waals surface area contributed by atoms with E-state index in [4.69, 9.17) is 9.72 Å². The maximum absolute atomic E-state index is 12.4. The number of fused-ring (bicyclic) bond motifs is 1. The second kappa shape index (κ2) is 10.6. The van der Waals surface area contributed by atoms with Crippen LogP contribution < -0.4 is 5.32 Å². The molecule has 1 saturated heterocycles. The highest BCUT2D eigenvalue weighted by atomic mass is 32.2. The molecule has 7 nitrogen and oxygen atoms in total. The minimum Gasteiger partial charge on any atom is -0.376 e. The Morgan fingerprint density at radius 3 is 2.77 bits per heavy atom. The van der Waals surface area contributed by atoms with E-state index in [1.54, 1.807) is 0 Å². The summed E-state index contributed by atoms with van der Waals surface area (Å²) in [5.41, 5.74) is 5.06. The number of nitrogens with one attached hydrogen (secondary N) is 1. The van der Waals surface area contributed by atoms with Gasteiger partial charge in [-0.05, 0) is 38.8 Å². The van der Waals surface area contributed by atoms with E-state index in [0.29, 0.717) is 13.1 Å². The minimum atomic E-state index is -0.0197. The van der Waals surface area contributed by atoms with Crippen molar-refractivity contribution in [3.63, 3.8) is 0 Å². The average Bonchev–Trinajstić information content (AvgIpc) is 3.55. The fourth-order valence-electron chi connectivity index (χ4n) is 4.33. The van der Waals surface area contributed by atoms with Gasteiger partial charge in [0, 0.05) is 36.2 Å². The van der Waals surface area contributed by atoms with Gasteiger partial charge in [-0.15, -0.1) is 10.2 Å². The number of para-hydroxylation sites is 1. The first-order valence-corrected chi connectivity index (χ1v) is 13.0. The Morgan fingerprint density at radius 2 is 2.00 bits per heavy atom. The van der Waals surface area contributed by atoms with Crippen molar-refractivity contribution in [1.82, 2.24) is 25.1 Å². The van der Waals surface area contributed by atoms with Crippen LogP contribution in [0.15, 0.2) is 59.8 Å². The minimum absolute atomic E-state index is 0.0197. The molecule has 1 fully saturated rings. The third kappa shape index (κ3) is 5.23. The van der Waals surface area contributed by atoms with Gasteiger partial charge in [0.1, 0.15) is 0 Å². The van der Waals surface area contributed by atoms with E-state index in [1.807, 2.05) is 18.2 Å². The van der Waals surface area contributed by atoms with E-state index >= 15 is 0 Å². The highest BCUT2D eigenvalue weighted by Gasteiger charge is 2.19. The number of carbonyl (C=O) groups excluding carboxylic acids is 1. The lowest BCUT2D eigenvalue weighted by Crippen LogP contribution is -2.32. The SMILES string of the molecule is CCn1c(SCC(=O)NC[C@@H]2CCCO2)nnc1-c1cc(-c2ccc(C)cc2)nc2ccccc12. The van der Waals surface area contributed by atoms with Gasteiger partial charge in [0.25, 0.3) is 0 Å². The largest absolute Gasteiger partial charge is 0.376 e. The van der Waals surface area contributed by atoms with Gasteiger partial charge in [-0.3, -0.25) is 4.79 Å². The lowest BCUT2D eigenvalue weighted by atomic mass is 10.0. The van der Waals surface area contributed by atoms with E-state index < -0.39 is 0 Å². The molecule has 0 saturated carbocycles. The average molecular weight is 488 g/mol. The zero-order valence-electron chi connectivity index (χ0n) is 20.0. The summed E-state index contributed by atoms with van der Waals surface area (Å²) in [4.78, 5) is 17.3. The van der Waals surface area contributed by atoms with E-state index in [1.165, 1.54) is 17.3 Å².